The van der Waals surface area contributed by atoms with Crippen molar-refractivity contribution in [2.24, 2.45) is 0 Å². The fourth-order valence-electron chi connectivity index (χ4n) is 3.35. The Morgan fingerprint density at radius 3 is 2.28 bits per heavy atom. The molecule has 188 valence electrons. The van der Waals surface area contributed by atoms with Crippen LogP contribution >= 0.6 is 11.6 Å². The van der Waals surface area contributed by atoms with Crippen LogP contribution in [0.5, 0.6) is 11.5 Å². The maximum absolute atomic E-state index is 13.1. The number of anilines is 3. The molecular formula is C23H21ClN4O7S. The predicted molar refractivity (Wildman–Crippen MR) is 132 cm³/mol. The molecule has 0 bridgehead atoms. The molecule has 0 unspecified atom stereocenters. The zero-order valence-electron chi connectivity index (χ0n) is 19.6. The minimum absolute atomic E-state index is 0.0229. The van der Waals surface area contributed by atoms with Crippen LogP contribution in [0.4, 0.5) is 17.3 Å². The highest BCUT2D eigenvalue weighted by Crippen LogP contribution is 2.38. The Hall–Kier alpha value is -4.03. The molecule has 36 heavy (non-hydrogen) atoms. The van der Waals surface area contributed by atoms with Crippen LogP contribution < -0.4 is 24.4 Å². The third kappa shape index (κ3) is 4.48. The Balaban J connectivity index is 1.56. The smallest absolute Gasteiger partial charge is 0.283 e. The van der Waals surface area contributed by atoms with Gasteiger partial charge >= 0.3 is 0 Å². The van der Waals surface area contributed by atoms with Crippen LogP contribution in [0.15, 0.2) is 62.6 Å². The molecule has 2 amide bonds. The monoisotopic (exact) mass is 532 g/mol. The summed E-state index contributed by atoms with van der Waals surface area (Å²) in [5.74, 6) is -0.773. The average Bonchev–Trinajstić information content (AvgIpc) is 3.28. The number of imide groups is 1. The molecule has 1 aromatic heterocycles. The zero-order chi connectivity index (χ0) is 26.2. The lowest BCUT2D eigenvalue weighted by atomic mass is 10.2. The highest BCUT2D eigenvalue weighted by molar-refractivity contribution is 7.92. The number of nitrogens with one attached hydrogen (secondary N) is 2. The Labute approximate surface area is 211 Å². The van der Waals surface area contributed by atoms with E-state index in [2.05, 4.69) is 15.2 Å². The number of benzene rings is 2. The first kappa shape index (κ1) is 25.1. The molecule has 0 atom stereocenters. The third-order valence-electron chi connectivity index (χ3n) is 5.47. The van der Waals surface area contributed by atoms with Crippen LogP contribution in [0.25, 0.3) is 0 Å². The van der Waals surface area contributed by atoms with Crippen LogP contribution in [0, 0.1) is 13.8 Å². The minimum Gasteiger partial charge on any atom is -0.497 e. The van der Waals surface area contributed by atoms with Gasteiger partial charge in [-0.2, -0.15) is 0 Å². The van der Waals surface area contributed by atoms with Crippen molar-refractivity contribution in [2.75, 3.05) is 29.2 Å². The Morgan fingerprint density at radius 2 is 1.69 bits per heavy atom. The zero-order valence-corrected chi connectivity index (χ0v) is 21.2. The lowest BCUT2D eigenvalue weighted by Gasteiger charge is -2.19. The fraction of sp³-hybridized carbons (Fsp3) is 0.174. The molecule has 0 spiro atoms. The van der Waals surface area contributed by atoms with Gasteiger partial charge in [-0.25, -0.2) is 18.0 Å². The number of nitrogens with zero attached hydrogens (tertiary/aromatic N) is 2. The Kier molecular flexibility index (Phi) is 6.65. The average molecular weight is 533 g/mol. The van der Waals surface area contributed by atoms with E-state index in [0.29, 0.717) is 22.7 Å². The van der Waals surface area contributed by atoms with Crippen molar-refractivity contribution >= 4 is 50.7 Å². The quantitative estimate of drug-likeness (QED) is 0.417. The summed E-state index contributed by atoms with van der Waals surface area (Å²) in [6.45, 7) is 3.37. The first-order valence-corrected chi connectivity index (χ1v) is 12.3. The van der Waals surface area contributed by atoms with Crippen molar-refractivity contribution in [1.29, 1.82) is 0 Å². The van der Waals surface area contributed by atoms with Gasteiger partial charge in [-0.05, 0) is 50.2 Å². The number of aryl methyl sites for hydroxylation is 1. The van der Waals surface area contributed by atoms with Crippen molar-refractivity contribution in [3.05, 3.63) is 64.5 Å². The van der Waals surface area contributed by atoms with Crippen LogP contribution in [-0.2, 0) is 19.6 Å². The van der Waals surface area contributed by atoms with Crippen LogP contribution in [0.2, 0.25) is 0 Å². The van der Waals surface area contributed by atoms with E-state index in [0.717, 1.165) is 4.90 Å². The van der Waals surface area contributed by atoms with E-state index in [1.54, 1.807) is 26.0 Å². The standard InChI is InChI=1S/C23H21ClN4O7S/c1-12-13(2)26-35-21(12)27-36(31,32)16-8-5-14(6-9-16)25-20-19(24)22(29)28(23(20)30)17-11-15(33-3)7-10-18(17)34-4/h5-11,25,27H,1-4H3. The van der Waals surface area contributed by atoms with Gasteiger partial charge in [-0.15, -0.1) is 0 Å². The van der Waals surface area contributed by atoms with Gasteiger partial charge in [0, 0.05) is 17.3 Å². The lowest BCUT2D eigenvalue weighted by Crippen LogP contribution is -2.32. The molecule has 0 aliphatic carbocycles. The summed E-state index contributed by atoms with van der Waals surface area (Å²) in [5, 5.41) is 6.19. The van der Waals surface area contributed by atoms with Gasteiger partial charge < -0.3 is 19.3 Å². The molecule has 13 heteroatoms. The SMILES string of the molecule is COc1ccc(OC)c(N2C(=O)C(Cl)=C(Nc3ccc(S(=O)(=O)Nc4onc(C)c4C)cc3)C2=O)c1. The number of carbonyl (C=O) groups excluding carboxylic acids is 2. The summed E-state index contributed by atoms with van der Waals surface area (Å²) >= 11 is 6.21. The third-order valence-corrected chi connectivity index (χ3v) is 7.17. The summed E-state index contributed by atoms with van der Waals surface area (Å²) in [6.07, 6.45) is 0. The highest BCUT2D eigenvalue weighted by atomic mass is 35.5. The molecule has 2 heterocycles. The van der Waals surface area contributed by atoms with E-state index in [-0.39, 0.29) is 32.9 Å². The number of hydrogen-bond donors (Lipinski definition) is 2. The molecule has 0 saturated carbocycles. The molecule has 1 aliphatic rings. The molecule has 0 radical (unpaired) electrons. The Morgan fingerprint density at radius 1 is 1.00 bits per heavy atom. The molecule has 11 nitrogen and oxygen atoms in total. The maximum Gasteiger partial charge on any atom is 0.283 e. The molecule has 1 aliphatic heterocycles. The highest BCUT2D eigenvalue weighted by Gasteiger charge is 2.40. The van der Waals surface area contributed by atoms with Gasteiger partial charge in [-0.3, -0.25) is 9.59 Å². The Bertz CT molecular complexity index is 1500. The normalized spacial score (nSPS) is 13.9. The van der Waals surface area contributed by atoms with Gasteiger partial charge in [0.1, 0.15) is 22.2 Å². The van der Waals surface area contributed by atoms with E-state index in [9.17, 15) is 18.0 Å². The number of halogens is 1. The second kappa shape index (κ2) is 9.55. The van der Waals surface area contributed by atoms with Crippen molar-refractivity contribution in [3.63, 3.8) is 0 Å². The van der Waals surface area contributed by atoms with E-state index >= 15 is 0 Å². The summed E-state index contributed by atoms with van der Waals surface area (Å²) in [4.78, 5) is 26.8. The second-order valence-electron chi connectivity index (χ2n) is 7.65. The number of hydrogen-bond acceptors (Lipinski definition) is 9. The summed E-state index contributed by atoms with van der Waals surface area (Å²) in [7, 11) is -1.11. The van der Waals surface area contributed by atoms with Crippen LogP contribution in [-0.4, -0.2) is 39.6 Å². The number of aromatic nitrogens is 1. The van der Waals surface area contributed by atoms with Crippen molar-refractivity contribution in [2.45, 2.75) is 18.7 Å². The van der Waals surface area contributed by atoms with Gasteiger partial charge in [0.25, 0.3) is 21.8 Å². The number of rotatable bonds is 8. The maximum atomic E-state index is 13.1. The largest absolute Gasteiger partial charge is 0.497 e. The molecule has 2 aromatic carbocycles. The van der Waals surface area contributed by atoms with Crippen molar-refractivity contribution in [3.8, 4) is 11.5 Å². The molecule has 0 saturated heterocycles. The summed E-state index contributed by atoms with van der Waals surface area (Å²) < 4.78 is 43.2. The van der Waals surface area contributed by atoms with Gasteiger partial charge in [0.15, 0.2) is 0 Å². The first-order valence-electron chi connectivity index (χ1n) is 10.4. The molecule has 3 aromatic rings. The van der Waals surface area contributed by atoms with Gasteiger partial charge in [0.05, 0.1) is 30.5 Å². The van der Waals surface area contributed by atoms with Gasteiger partial charge in [0.2, 0.25) is 5.88 Å². The molecule has 4 rings (SSSR count). The first-order chi connectivity index (χ1) is 17.1. The van der Waals surface area contributed by atoms with E-state index in [4.69, 9.17) is 25.6 Å². The van der Waals surface area contributed by atoms with E-state index in [1.165, 1.54) is 44.6 Å². The van der Waals surface area contributed by atoms with Crippen LogP contribution in [0.3, 0.4) is 0 Å². The van der Waals surface area contributed by atoms with E-state index < -0.39 is 21.8 Å². The lowest BCUT2D eigenvalue weighted by molar-refractivity contribution is -0.120. The number of sulfonamides is 1. The van der Waals surface area contributed by atoms with Crippen LogP contribution in [0.1, 0.15) is 11.3 Å². The topological polar surface area (TPSA) is 140 Å². The number of methoxy groups -OCH3 is 2. The minimum atomic E-state index is -3.96. The number of ether oxygens (including phenoxy) is 2. The molecule has 0 fully saturated rings. The fourth-order valence-corrected chi connectivity index (χ4v) is 4.61. The van der Waals surface area contributed by atoms with E-state index in [1.807, 2.05) is 0 Å². The van der Waals surface area contributed by atoms with Crippen molar-refractivity contribution in [1.82, 2.24) is 5.16 Å². The van der Waals surface area contributed by atoms with Gasteiger partial charge in [-0.1, -0.05) is 16.8 Å². The van der Waals surface area contributed by atoms with Crippen molar-refractivity contribution < 1.29 is 32.0 Å². The number of carbonyl (C=O) groups is 2. The predicted octanol–water partition coefficient (Wildman–Crippen LogP) is 3.55. The number of amides is 2. The summed E-state index contributed by atoms with van der Waals surface area (Å²) in [5.41, 5.74) is 1.45. The second-order valence-corrected chi connectivity index (χ2v) is 9.71. The summed E-state index contributed by atoms with van der Waals surface area (Å²) in [6, 6.07) is 10.2. The molecule has 2 N–H and O–H groups in total. The molecular weight excluding hydrogens is 512 g/mol.